The van der Waals surface area contributed by atoms with E-state index in [2.05, 4.69) is 15.3 Å². The van der Waals surface area contributed by atoms with Crippen molar-refractivity contribution in [2.75, 3.05) is 11.1 Å². The maximum absolute atomic E-state index is 5.59. The Kier molecular flexibility index (Phi) is 2.64. The molecule has 14 heavy (non-hydrogen) atoms. The van der Waals surface area contributed by atoms with E-state index in [9.17, 15) is 0 Å². The van der Waals surface area contributed by atoms with E-state index in [4.69, 9.17) is 5.73 Å². The van der Waals surface area contributed by atoms with Crippen LogP contribution in [0.25, 0.3) is 0 Å². The average Bonchev–Trinajstić information content (AvgIpc) is 2.72. The molecule has 0 fully saturated rings. The number of nitrogens with one attached hydrogen (secondary N) is 1. The Hall–Kier alpha value is -1.14. The van der Waals surface area contributed by atoms with Gasteiger partial charge in [-0.1, -0.05) is 0 Å². The van der Waals surface area contributed by atoms with Crippen LogP contribution in [0.2, 0.25) is 0 Å². The molecule has 4 nitrogen and oxygen atoms in total. The van der Waals surface area contributed by atoms with Crippen molar-refractivity contribution in [1.82, 2.24) is 9.97 Å². The fourth-order valence-electron chi connectivity index (χ4n) is 1.08. The number of thiazole rings is 2. The molecule has 0 aliphatic heterocycles. The summed E-state index contributed by atoms with van der Waals surface area (Å²) in [5.74, 6) is 0. The van der Waals surface area contributed by atoms with Crippen LogP contribution in [0.4, 0.5) is 10.3 Å². The molecule has 0 radical (unpaired) electrons. The number of nitrogen functional groups attached to an aromatic ring is 1. The summed E-state index contributed by atoms with van der Waals surface area (Å²) in [4.78, 5) is 9.44. The number of hydrogen-bond acceptors (Lipinski definition) is 6. The molecule has 0 aromatic carbocycles. The Morgan fingerprint density at radius 1 is 1.57 bits per heavy atom. The molecule has 2 aromatic heterocycles. The van der Waals surface area contributed by atoms with E-state index >= 15 is 0 Å². The molecule has 0 spiro atoms. The SMILES string of the molecule is Cc1nc(N)sc1CNc1nccs1. The van der Waals surface area contributed by atoms with Gasteiger partial charge in [-0.15, -0.1) is 22.7 Å². The number of aryl methyl sites for hydroxylation is 1. The molecule has 0 atom stereocenters. The van der Waals surface area contributed by atoms with Crippen LogP contribution in [-0.2, 0) is 6.54 Å². The summed E-state index contributed by atoms with van der Waals surface area (Å²) in [5.41, 5.74) is 6.59. The summed E-state index contributed by atoms with van der Waals surface area (Å²) in [6.45, 7) is 2.71. The minimum absolute atomic E-state index is 0.624. The zero-order valence-corrected chi connectivity index (χ0v) is 9.28. The lowest BCUT2D eigenvalue weighted by atomic mass is 10.4. The average molecular weight is 226 g/mol. The lowest BCUT2D eigenvalue weighted by molar-refractivity contribution is 1.11. The van der Waals surface area contributed by atoms with Crippen molar-refractivity contribution in [2.24, 2.45) is 0 Å². The molecule has 74 valence electrons. The van der Waals surface area contributed by atoms with Crippen LogP contribution in [0.1, 0.15) is 10.6 Å². The van der Waals surface area contributed by atoms with Gasteiger partial charge in [-0.3, -0.25) is 0 Å². The molecule has 0 unspecified atom stereocenters. The number of nitrogens with two attached hydrogens (primary N) is 1. The van der Waals surface area contributed by atoms with E-state index in [-0.39, 0.29) is 0 Å². The Labute approximate surface area is 89.8 Å². The third kappa shape index (κ3) is 2.02. The Bertz CT molecular complexity index is 407. The summed E-state index contributed by atoms with van der Waals surface area (Å²) in [5, 5.41) is 6.71. The standard InChI is InChI=1S/C8H10N4S2/c1-5-6(14-7(9)12-5)4-11-8-10-2-3-13-8/h2-3H,4H2,1H3,(H2,9,12)(H,10,11). The fraction of sp³-hybridized carbons (Fsp3) is 0.250. The lowest BCUT2D eigenvalue weighted by Crippen LogP contribution is -1.97. The summed E-state index contributed by atoms with van der Waals surface area (Å²) < 4.78 is 0. The quantitative estimate of drug-likeness (QED) is 0.841. The van der Waals surface area contributed by atoms with Crippen molar-refractivity contribution in [1.29, 1.82) is 0 Å². The second-order valence-corrected chi connectivity index (χ2v) is 4.76. The molecule has 2 aromatic rings. The van der Waals surface area contributed by atoms with E-state index < -0.39 is 0 Å². The first-order valence-corrected chi connectivity index (χ1v) is 5.80. The van der Waals surface area contributed by atoms with E-state index in [1.54, 1.807) is 17.5 Å². The summed E-state index contributed by atoms with van der Waals surface area (Å²) in [6.07, 6.45) is 1.78. The monoisotopic (exact) mass is 226 g/mol. The van der Waals surface area contributed by atoms with Crippen molar-refractivity contribution in [2.45, 2.75) is 13.5 Å². The maximum Gasteiger partial charge on any atom is 0.182 e. The highest BCUT2D eigenvalue weighted by molar-refractivity contribution is 7.15. The minimum atomic E-state index is 0.624. The van der Waals surface area contributed by atoms with Crippen LogP contribution < -0.4 is 11.1 Å². The van der Waals surface area contributed by atoms with Crippen LogP contribution in [0.5, 0.6) is 0 Å². The first-order valence-electron chi connectivity index (χ1n) is 4.11. The molecule has 0 aliphatic carbocycles. The molecule has 6 heteroatoms. The number of nitrogens with zero attached hydrogens (tertiary/aromatic N) is 2. The molecule has 0 amide bonds. The van der Waals surface area contributed by atoms with Crippen molar-refractivity contribution >= 4 is 32.9 Å². The highest BCUT2D eigenvalue weighted by Gasteiger charge is 2.04. The molecule has 0 saturated carbocycles. The first-order chi connectivity index (χ1) is 6.75. The second-order valence-electron chi connectivity index (χ2n) is 2.75. The van der Waals surface area contributed by atoms with Crippen LogP contribution in [-0.4, -0.2) is 9.97 Å². The van der Waals surface area contributed by atoms with Gasteiger partial charge in [0.05, 0.1) is 12.2 Å². The van der Waals surface area contributed by atoms with Crippen LogP contribution in [0, 0.1) is 6.92 Å². The van der Waals surface area contributed by atoms with Crippen molar-refractivity contribution in [3.05, 3.63) is 22.1 Å². The molecular formula is C8H10N4S2. The third-order valence-electron chi connectivity index (χ3n) is 1.74. The normalized spacial score (nSPS) is 10.4. The fourth-order valence-corrected chi connectivity index (χ4v) is 2.38. The molecule has 0 saturated heterocycles. The molecule has 2 rings (SSSR count). The first kappa shape index (κ1) is 9.42. The van der Waals surface area contributed by atoms with Gasteiger partial charge in [-0.2, -0.15) is 0 Å². The number of anilines is 2. The molecule has 0 bridgehead atoms. The Balaban J connectivity index is 2.01. The highest BCUT2D eigenvalue weighted by atomic mass is 32.1. The van der Waals surface area contributed by atoms with Gasteiger partial charge in [0.1, 0.15) is 0 Å². The van der Waals surface area contributed by atoms with E-state index in [1.165, 1.54) is 11.3 Å². The van der Waals surface area contributed by atoms with Gasteiger partial charge >= 0.3 is 0 Å². The largest absolute Gasteiger partial charge is 0.375 e. The second kappa shape index (κ2) is 3.93. The van der Waals surface area contributed by atoms with E-state index in [0.717, 1.165) is 22.2 Å². The predicted octanol–water partition coefficient (Wildman–Crippen LogP) is 2.10. The van der Waals surface area contributed by atoms with E-state index in [0.29, 0.717) is 5.13 Å². The van der Waals surface area contributed by atoms with Gasteiger partial charge in [0.15, 0.2) is 10.3 Å². The predicted molar refractivity (Wildman–Crippen MR) is 60.7 cm³/mol. The van der Waals surface area contributed by atoms with Crippen LogP contribution in [0.15, 0.2) is 11.6 Å². The van der Waals surface area contributed by atoms with Gasteiger partial charge in [0.25, 0.3) is 0 Å². The van der Waals surface area contributed by atoms with Gasteiger partial charge < -0.3 is 11.1 Å². The zero-order chi connectivity index (χ0) is 9.97. The highest BCUT2D eigenvalue weighted by Crippen LogP contribution is 2.21. The molecular weight excluding hydrogens is 216 g/mol. The Morgan fingerprint density at radius 3 is 3.00 bits per heavy atom. The summed E-state index contributed by atoms with van der Waals surface area (Å²) in [6, 6.07) is 0. The topological polar surface area (TPSA) is 63.8 Å². The van der Waals surface area contributed by atoms with Gasteiger partial charge in [-0.25, -0.2) is 9.97 Å². The molecule has 2 heterocycles. The third-order valence-corrected chi connectivity index (χ3v) is 3.46. The number of hydrogen-bond donors (Lipinski definition) is 2. The lowest BCUT2D eigenvalue weighted by Gasteiger charge is -1.99. The maximum atomic E-state index is 5.59. The van der Waals surface area contributed by atoms with E-state index in [1.807, 2.05) is 12.3 Å². The van der Waals surface area contributed by atoms with Crippen LogP contribution in [0.3, 0.4) is 0 Å². The van der Waals surface area contributed by atoms with Crippen LogP contribution >= 0.6 is 22.7 Å². The number of aromatic nitrogens is 2. The van der Waals surface area contributed by atoms with Crippen molar-refractivity contribution < 1.29 is 0 Å². The summed E-state index contributed by atoms with van der Waals surface area (Å²) >= 11 is 3.10. The smallest absolute Gasteiger partial charge is 0.182 e. The zero-order valence-electron chi connectivity index (χ0n) is 7.65. The van der Waals surface area contributed by atoms with Gasteiger partial charge in [0, 0.05) is 16.5 Å². The van der Waals surface area contributed by atoms with Gasteiger partial charge in [0.2, 0.25) is 0 Å². The minimum Gasteiger partial charge on any atom is -0.375 e. The molecule has 3 N–H and O–H groups in total. The van der Waals surface area contributed by atoms with Crippen molar-refractivity contribution in [3.63, 3.8) is 0 Å². The molecule has 0 aliphatic rings. The Morgan fingerprint density at radius 2 is 2.43 bits per heavy atom. The summed E-state index contributed by atoms with van der Waals surface area (Å²) in [7, 11) is 0. The number of rotatable bonds is 3. The van der Waals surface area contributed by atoms with Crippen molar-refractivity contribution in [3.8, 4) is 0 Å². The van der Waals surface area contributed by atoms with Gasteiger partial charge in [-0.05, 0) is 6.92 Å².